The zero-order valence-electron chi connectivity index (χ0n) is 10.0. The molecule has 0 radical (unpaired) electrons. The van der Waals surface area contributed by atoms with Crippen LogP contribution in [0.1, 0.15) is 5.82 Å². The number of hydrogen-bond acceptors (Lipinski definition) is 6. The number of tetrazole rings is 1. The van der Waals surface area contributed by atoms with Crippen molar-refractivity contribution < 1.29 is 26.0 Å². The third kappa shape index (κ3) is 3.09. The van der Waals surface area contributed by atoms with E-state index in [1.54, 1.807) is 0 Å². The van der Waals surface area contributed by atoms with Crippen LogP contribution in [0.25, 0.3) is 0 Å². The van der Waals surface area contributed by atoms with Crippen LogP contribution in [0.3, 0.4) is 0 Å². The molecule has 12 heteroatoms. The van der Waals surface area contributed by atoms with Gasteiger partial charge < -0.3 is 5.32 Å². The maximum atomic E-state index is 13.1. The van der Waals surface area contributed by atoms with Gasteiger partial charge in [0.05, 0.1) is 12.2 Å². The van der Waals surface area contributed by atoms with Gasteiger partial charge in [0, 0.05) is 0 Å². The van der Waals surface area contributed by atoms with E-state index in [1.165, 1.54) is 0 Å². The summed E-state index contributed by atoms with van der Waals surface area (Å²) in [6.45, 7) is -0.192. The van der Waals surface area contributed by atoms with Crippen molar-refractivity contribution in [3.8, 4) is 0 Å². The van der Waals surface area contributed by atoms with Crippen molar-refractivity contribution in [1.29, 1.82) is 0 Å². The van der Waals surface area contributed by atoms with E-state index in [1.807, 2.05) is 0 Å². The summed E-state index contributed by atoms with van der Waals surface area (Å²) in [5.74, 6) is -1.02. The maximum absolute atomic E-state index is 13.1. The quantitative estimate of drug-likeness (QED) is 0.821. The van der Waals surface area contributed by atoms with E-state index in [2.05, 4.69) is 25.9 Å². The number of halogens is 4. The SMILES string of the molecule is O=S(=O)(c1cc(F)ccc1NCc1nn[nH]n1)C(F)(F)F. The Labute approximate surface area is 115 Å². The van der Waals surface area contributed by atoms with Crippen LogP contribution in [0.4, 0.5) is 23.2 Å². The summed E-state index contributed by atoms with van der Waals surface area (Å²) in [6.07, 6.45) is 0. The Balaban J connectivity index is 2.39. The highest BCUT2D eigenvalue weighted by Crippen LogP contribution is 2.34. The second-order valence-electron chi connectivity index (χ2n) is 3.77. The summed E-state index contributed by atoms with van der Waals surface area (Å²) in [4.78, 5) is -1.21. The lowest BCUT2D eigenvalue weighted by molar-refractivity contribution is -0.0435. The summed E-state index contributed by atoms with van der Waals surface area (Å²) >= 11 is 0. The van der Waals surface area contributed by atoms with Gasteiger partial charge in [-0.3, -0.25) is 0 Å². The number of H-pyrrole nitrogens is 1. The van der Waals surface area contributed by atoms with Crippen LogP contribution in [0.5, 0.6) is 0 Å². The van der Waals surface area contributed by atoms with E-state index in [4.69, 9.17) is 0 Å². The minimum absolute atomic E-state index is 0.0923. The van der Waals surface area contributed by atoms with Gasteiger partial charge in [-0.05, 0) is 18.2 Å². The number of sulfone groups is 1. The fourth-order valence-corrected chi connectivity index (χ4v) is 2.37. The normalized spacial score (nSPS) is 12.4. The molecule has 1 aromatic heterocycles. The first kappa shape index (κ1) is 15.2. The molecule has 2 rings (SSSR count). The van der Waals surface area contributed by atoms with Gasteiger partial charge in [0.15, 0.2) is 5.82 Å². The van der Waals surface area contributed by atoms with Crippen molar-refractivity contribution in [1.82, 2.24) is 20.6 Å². The molecule has 0 aliphatic heterocycles. The second-order valence-corrected chi connectivity index (χ2v) is 5.68. The van der Waals surface area contributed by atoms with Gasteiger partial charge in [0.1, 0.15) is 10.7 Å². The molecule has 2 aromatic rings. The zero-order valence-corrected chi connectivity index (χ0v) is 10.8. The predicted molar refractivity (Wildman–Crippen MR) is 61.1 cm³/mol. The molecule has 0 fully saturated rings. The first-order valence-corrected chi connectivity index (χ1v) is 6.77. The molecule has 1 aromatic carbocycles. The Morgan fingerprint density at radius 1 is 1.29 bits per heavy atom. The Kier molecular flexibility index (Phi) is 3.80. The number of hydrogen-bond donors (Lipinski definition) is 2. The Hall–Kier alpha value is -2.24. The first-order chi connectivity index (χ1) is 9.72. The molecule has 1 heterocycles. The van der Waals surface area contributed by atoms with Crippen LogP contribution in [-0.4, -0.2) is 34.6 Å². The molecule has 0 amide bonds. The molecule has 0 atom stereocenters. The molecule has 114 valence electrons. The van der Waals surface area contributed by atoms with Gasteiger partial charge in [0.25, 0.3) is 9.84 Å². The van der Waals surface area contributed by atoms with Gasteiger partial charge in [0.2, 0.25) is 0 Å². The zero-order chi connectivity index (χ0) is 15.7. The van der Waals surface area contributed by atoms with E-state index in [9.17, 15) is 26.0 Å². The fraction of sp³-hybridized carbons (Fsp3) is 0.222. The highest BCUT2D eigenvalue weighted by Gasteiger charge is 2.48. The summed E-state index contributed by atoms with van der Waals surface area (Å²) in [5.41, 5.74) is -5.96. The van der Waals surface area contributed by atoms with Crippen molar-refractivity contribution in [2.24, 2.45) is 0 Å². The van der Waals surface area contributed by atoms with E-state index in [0.717, 1.165) is 12.1 Å². The summed E-state index contributed by atoms with van der Waals surface area (Å²) in [5, 5.41) is 14.8. The van der Waals surface area contributed by atoms with Gasteiger partial charge >= 0.3 is 5.51 Å². The lowest BCUT2D eigenvalue weighted by atomic mass is 10.3. The topological polar surface area (TPSA) is 101 Å². The molecule has 21 heavy (non-hydrogen) atoms. The van der Waals surface area contributed by atoms with Crippen LogP contribution in [0, 0.1) is 5.82 Å². The van der Waals surface area contributed by atoms with Gasteiger partial charge in [-0.1, -0.05) is 5.21 Å². The van der Waals surface area contributed by atoms with Gasteiger partial charge in [-0.15, -0.1) is 10.2 Å². The van der Waals surface area contributed by atoms with Crippen molar-refractivity contribution >= 4 is 15.5 Å². The second kappa shape index (κ2) is 5.27. The molecular weight excluding hydrogens is 318 g/mol. The number of rotatable bonds is 4. The lowest BCUT2D eigenvalue weighted by Gasteiger charge is -2.13. The Morgan fingerprint density at radius 3 is 2.57 bits per heavy atom. The molecule has 0 aliphatic rings. The molecular formula is C9H7F4N5O2S. The van der Waals surface area contributed by atoms with Gasteiger partial charge in [-0.25, -0.2) is 12.8 Å². The van der Waals surface area contributed by atoms with Gasteiger partial charge in [-0.2, -0.15) is 18.4 Å². The van der Waals surface area contributed by atoms with E-state index >= 15 is 0 Å². The maximum Gasteiger partial charge on any atom is 0.501 e. The molecule has 0 aliphatic carbocycles. The Morgan fingerprint density at radius 2 is 2.00 bits per heavy atom. The molecule has 0 spiro atoms. The van der Waals surface area contributed by atoms with Crippen molar-refractivity contribution in [3.05, 3.63) is 29.8 Å². The number of benzene rings is 1. The smallest absolute Gasteiger partial charge is 0.377 e. The average molecular weight is 325 g/mol. The summed E-state index contributed by atoms with van der Waals surface area (Å²) in [6, 6.07) is 2.00. The third-order valence-corrected chi connectivity index (χ3v) is 3.89. The highest BCUT2D eigenvalue weighted by atomic mass is 32.2. The van der Waals surface area contributed by atoms with Crippen LogP contribution < -0.4 is 5.32 Å². The number of nitrogens with zero attached hydrogens (tertiary/aromatic N) is 3. The molecule has 7 nitrogen and oxygen atoms in total. The number of alkyl halides is 3. The number of aromatic nitrogens is 4. The first-order valence-electron chi connectivity index (χ1n) is 5.29. The van der Waals surface area contributed by atoms with Crippen molar-refractivity contribution in [2.45, 2.75) is 16.9 Å². The van der Waals surface area contributed by atoms with Crippen molar-refractivity contribution in [3.63, 3.8) is 0 Å². The van der Waals surface area contributed by atoms with Crippen LogP contribution in [0.2, 0.25) is 0 Å². The highest BCUT2D eigenvalue weighted by molar-refractivity contribution is 7.92. The van der Waals surface area contributed by atoms with E-state index in [0.29, 0.717) is 6.07 Å². The van der Waals surface area contributed by atoms with E-state index in [-0.39, 0.29) is 12.4 Å². The summed E-state index contributed by atoms with van der Waals surface area (Å²) < 4.78 is 73.6. The predicted octanol–water partition coefficient (Wildman–Crippen LogP) is 1.24. The molecule has 0 saturated heterocycles. The molecule has 0 saturated carbocycles. The lowest BCUT2D eigenvalue weighted by Crippen LogP contribution is -2.24. The minimum atomic E-state index is -5.69. The van der Waals surface area contributed by atoms with Crippen LogP contribution in [0.15, 0.2) is 23.1 Å². The largest absolute Gasteiger partial charge is 0.501 e. The molecule has 0 bridgehead atoms. The molecule has 0 unspecified atom stereocenters. The van der Waals surface area contributed by atoms with Crippen molar-refractivity contribution in [2.75, 3.05) is 5.32 Å². The minimum Gasteiger partial charge on any atom is -0.377 e. The Bertz CT molecular complexity index is 729. The van der Waals surface area contributed by atoms with Crippen LogP contribution >= 0.6 is 0 Å². The number of nitrogens with one attached hydrogen (secondary N) is 2. The fourth-order valence-electron chi connectivity index (χ4n) is 1.42. The number of anilines is 1. The monoisotopic (exact) mass is 325 g/mol. The number of aromatic amines is 1. The standard InChI is InChI=1S/C9H7F4N5O2S/c10-5-1-2-6(14-4-8-15-17-18-16-8)7(3-5)21(19,20)9(11,12)13/h1-3,14H,4H2,(H,15,16,17,18). The van der Waals surface area contributed by atoms with Crippen LogP contribution in [-0.2, 0) is 16.4 Å². The van der Waals surface area contributed by atoms with E-state index < -0.39 is 31.7 Å². The summed E-state index contributed by atoms with van der Waals surface area (Å²) in [7, 11) is -5.69. The average Bonchev–Trinajstić information content (AvgIpc) is 2.89. The third-order valence-electron chi connectivity index (χ3n) is 2.36. The molecule has 2 N–H and O–H groups in total.